The Bertz CT molecular complexity index is 743. The van der Waals surface area contributed by atoms with Gasteiger partial charge in [-0.1, -0.05) is 23.4 Å². The van der Waals surface area contributed by atoms with Crippen molar-refractivity contribution in [2.24, 2.45) is 0 Å². The Morgan fingerprint density at radius 3 is 2.78 bits per heavy atom. The van der Waals surface area contributed by atoms with Gasteiger partial charge in [-0.05, 0) is 38.4 Å². The molecule has 1 aromatic carbocycles. The van der Waals surface area contributed by atoms with Gasteiger partial charge in [0.25, 0.3) is 0 Å². The standard InChI is InChI=1S/C16H21N3O3S/c1-13-17-16(22-18-13)14-6-5-9-19(12-14)10-11-23(20,21)15-7-3-2-4-8-15/h2-4,7-8,14H,5-6,9-12H2,1H3/t14-/m1/s1. The van der Waals surface area contributed by atoms with Gasteiger partial charge in [0.05, 0.1) is 16.6 Å². The number of hydrogen-bond acceptors (Lipinski definition) is 6. The van der Waals surface area contributed by atoms with Crippen LogP contribution in [0.25, 0.3) is 0 Å². The topological polar surface area (TPSA) is 76.3 Å². The molecule has 6 nitrogen and oxygen atoms in total. The molecule has 1 atom stereocenters. The molecule has 2 aromatic rings. The number of aromatic nitrogens is 2. The van der Waals surface area contributed by atoms with Crippen LogP contribution in [0.4, 0.5) is 0 Å². The molecule has 7 heteroatoms. The van der Waals surface area contributed by atoms with E-state index in [0.29, 0.717) is 23.2 Å². The number of aryl methyl sites for hydroxylation is 1. The molecule has 124 valence electrons. The third-order valence-electron chi connectivity index (χ3n) is 4.18. The van der Waals surface area contributed by atoms with Gasteiger partial charge < -0.3 is 9.42 Å². The maximum absolute atomic E-state index is 12.4. The van der Waals surface area contributed by atoms with Gasteiger partial charge in [-0.2, -0.15) is 4.98 Å². The lowest BCUT2D eigenvalue weighted by Crippen LogP contribution is -2.37. The quantitative estimate of drug-likeness (QED) is 0.832. The molecule has 0 aliphatic carbocycles. The van der Waals surface area contributed by atoms with Gasteiger partial charge in [0.2, 0.25) is 5.89 Å². The molecule has 23 heavy (non-hydrogen) atoms. The number of piperidine rings is 1. The summed E-state index contributed by atoms with van der Waals surface area (Å²) in [4.78, 5) is 6.87. The Balaban J connectivity index is 1.60. The Kier molecular flexibility index (Phi) is 4.77. The number of benzene rings is 1. The first-order valence-electron chi connectivity index (χ1n) is 7.85. The van der Waals surface area contributed by atoms with Crippen LogP contribution in [-0.2, 0) is 9.84 Å². The Morgan fingerprint density at radius 1 is 1.30 bits per heavy atom. The molecule has 1 saturated heterocycles. The van der Waals surface area contributed by atoms with Gasteiger partial charge in [0.15, 0.2) is 15.7 Å². The van der Waals surface area contributed by atoms with Crippen LogP contribution in [0, 0.1) is 6.92 Å². The summed E-state index contributed by atoms with van der Waals surface area (Å²) in [7, 11) is -3.23. The molecule has 2 heterocycles. The van der Waals surface area contributed by atoms with E-state index in [2.05, 4.69) is 15.0 Å². The highest BCUT2D eigenvalue weighted by Gasteiger charge is 2.26. The number of nitrogens with zero attached hydrogens (tertiary/aromatic N) is 3. The third-order valence-corrected chi connectivity index (χ3v) is 5.89. The van der Waals surface area contributed by atoms with Crippen LogP contribution < -0.4 is 0 Å². The highest BCUT2D eigenvalue weighted by molar-refractivity contribution is 7.91. The summed E-state index contributed by atoms with van der Waals surface area (Å²) >= 11 is 0. The second-order valence-corrected chi connectivity index (χ2v) is 8.06. The fourth-order valence-corrected chi connectivity index (χ4v) is 4.24. The number of rotatable bonds is 5. The van der Waals surface area contributed by atoms with E-state index in [-0.39, 0.29) is 11.7 Å². The fraction of sp³-hybridized carbons (Fsp3) is 0.500. The van der Waals surface area contributed by atoms with Crippen molar-refractivity contribution in [2.45, 2.75) is 30.6 Å². The summed E-state index contributed by atoms with van der Waals surface area (Å²) in [6, 6.07) is 8.62. The number of hydrogen-bond donors (Lipinski definition) is 0. The van der Waals surface area contributed by atoms with E-state index in [9.17, 15) is 8.42 Å². The Labute approximate surface area is 136 Å². The summed E-state index contributed by atoms with van der Waals surface area (Å²) in [6.45, 7) is 4.01. The predicted octanol–water partition coefficient (Wildman–Crippen LogP) is 2.03. The summed E-state index contributed by atoms with van der Waals surface area (Å²) in [5, 5.41) is 3.84. The second kappa shape index (κ2) is 6.80. The zero-order valence-corrected chi connectivity index (χ0v) is 14.0. The number of sulfone groups is 1. The van der Waals surface area contributed by atoms with E-state index in [1.807, 2.05) is 6.07 Å². The van der Waals surface area contributed by atoms with Gasteiger partial charge in [0, 0.05) is 13.1 Å². The molecular formula is C16H21N3O3S. The lowest BCUT2D eigenvalue weighted by molar-refractivity contribution is 0.195. The van der Waals surface area contributed by atoms with Gasteiger partial charge >= 0.3 is 0 Å². The minimum atomic E-state index is -3.23. The van der Waals surface area contributed by atoms with E-state index in [1.165, 1.54) is 0 Å². The minimum absolute atomic E-state index is 0.132. The molecule has 1 aliphatic heterocycles. The zero-order chi connectivity index (χ0) is 16.3. The molecule has 0 radical (unpaired) electrons. The maximum Gasteiger partial charge on any atom is 0.231 e. The van der Waals surface area contributed by atoms with Crippen molar-refractivity contribution in [3.05, 3.63) is 42.0 Å². The van der Waals surface area contributed by atoms with Gasteiger partial charge in [-0.15, -0.1) is 0 Å². The molecule has 1 fully saturated rings. The van der Waals surface area contributed by atoms with E-state index >= 15 is 0 Å². The molecule has 1 aromatic heterocycles. The highest BCUT2D eigenvalue weighted by Crippen LogP contribution is 2.25. The average Bonchev–Trinajstić information content (AvgIpc) is 3.01. The van der Waals surface area contributed by atoms with Crippen LogP contribution in [0.2, 0.25) is 0 Å². The van der Waals surface area contributed by atoms with Crippen LogP contribution in [0.3, 0.4) is 0 Å². The van der Waals surface area contributed by atoms with E-state index in [4.69, 9.17) is 4.52 Å². The smallest absolute Gasteiger partial charge is 0.231 e. The molecule has 0 bridgehead atoms. The van der Waals surface area contributed by atoms with Gasteiger partial charge in [-0.3, -0.25) is 0 Å². The van der Waals surface area contributed by atoms with Crippen LogP contribution in [0.15, 0.2) is 39.8 Å². The van der Waals surface area contributed by atoms with E-state index < -0.39 is 9.84 Å². The Hall–Kier alpha value is -1.73. The van der Waals surface area contributed by atoms with Crippen molar-refractivity contribution in [2.75, 3.05) is 25.4 Å². The summed E-state index contributed by atoms with van der Waals surface area (Å²) in [6.07, 6.45) is 2.01. The summed E-state index contributed by atoms with van der Waals surface area (Å²) in [5.41, 5.74) is 0. The summed E-state index contributed by atoms with van der Waals surface area (Å²) < 4.78 is 30.0. The van der Waals surface area contributed by atoms with Crippen LogP contribution in [0.5, 0.6) is 0 Å². The van der Waals surface area contributed by atoms with Crippen molar-refractivity contribution in [3.8, 4) is 0 Å². The highest BCUT2D eigenvalue weighted by atomic mass is 32.2. The molecule has 0 amide bonds. The third kappa shape index (κ3) is 3.97. The Morgan fingerprint density at radius 2 is 2.09 bits per heavy atom. The van der Waals surface area contributed by atoms with Crippen LogP contribution in [-0.4, -0.2) is 48.8 Å². The van der Waals surface area contributed by atoms with E-state index in [0.717, 1.165) is 25.9 Å². The largest absolute Gasteiger partial charge is 0.339 e. The normalized spacial score (nSPS) is 19.8. The van der Waals surface area contributed by atoms with Gasteiger partial charge in [-0.25, -0.2) is 8.42 Å². The first-order valence-corrected chi connectivity index (χ1v) is 9.50. The van der Waals surface area contributed by atoms with Crippen LogP contribution >= 0.6 is 0 Å². The van der Waals surface area contributed by atoms with Crippen molar-refractivity contribution in [1.29, 1.82) is 0 Å². The van der Waals surface area contributed by atoms with Crippen molar-refractivity contribution in [3.63, 3.8) is 0 Å². The molecule has 0 unspecified atom stereocenters. The van der Waals surface area contributed by atoms with Crippen molar-refractivity contribution < 1.29 is 12.9 Å². The zero-order valence-electron chi connectivity index (χ0n) is 13.2. The van der Waals surface area contributed by atoms with Crippen molar-refractivity contribution in [1.82, 2.24) is 15.0 Å². The average molecular weight is 335 g/mol. The number of likely N-dealkylation sites (tertiary alicyclic amines) is 1. The maximum atomic E-state index is 12.4. The van der Waals surface area contributed by atoms with E-state index in [1.54, 1.807) is 31.2 Å². The van der Waals surface area contributed by atoms with Crippen LogP contribution in [0.1, 0.15) is 30.5 Å². The van der Waals surface area contributed by atoms with Gasteiger partial charge in [0.1, 0.15) is 0 Å². The second-order valence-electron chi connectivity index (χ2n) is 5.95. The monoisotopic (exact) mass is 335 g/mol. The predicted molar refractivity (Wildman–Crippen MR) is 85.9 cm³/mol. The first kappa shape index (κ1) is 16.1. The molecule has 3 rings (SSSR count). The first-order chi connectivity index (χ1) is 11.0. The molecule has 0 spiro atoms. The lowest BCUT2D eigenvalue weighted by atomic mass is 9.98. The lowest BCUT2D eigenvalue weighted by Gasteiger charge is -2.30. The fourth-order valence-electron chi connectivity index (χ4n) is 2.93. The SMILES string of the molecule is Cc1noc([C@@H]2CCCN(CCS(=O)(=O)c3ccccc3)C2)n1. The van der Waals surface area contributed by atoms with Crippen molar-refractivity contribution >= 4 is 9.84 Å². The minimum Gasteiger partial charge on any atom is -0.339 e. The molecule has 1 aliphatic rings. The molecule has 0 saturated carbocycles. The molecular weight excluding hydrogens is 314 g/mol. The summed E-state index contributed by atoms with van der Waals surface area (Å²) in [5.74, 6) is 1.64. The molecule has 0 N–H and O–H groups in total.